The Morgan fingerprint density at radius 3 is 2.86 bits per heavy atom. The summed E-state index contributed by atoms with van der Waals surface area (Å²) in [7, 11) is 1.92. The molecule has 0 spiro atoms. The van der Waals surface area contributed by atoms with Crippen LogP contribution in [-0.4, -0.2) is 50.1 Å². The lowest BCUT2D eigenvalue weighted by molar-refractivity contribution is 0.207. The van der Waals surface area contributed by atoms with E-state index in [2.05, 4.69) is 15.5 Å². The maximum atomic E-state index is 13.0. The lowest BCUT2D eigenvalue weighted by atomic mass is 10.0. The summed E-state index contributed by atoms with van der Waals surface area (Å²) in [6.45, 7) is 2.10. The zero-order valence-corrected chi connectivity index (χ0v) is 16.5. The molecule has 1 aliphatic rings. The van der Waals surface area contributed by atoms with Gasteiger partial charge in [-0.15, -0.1) is 0 Å². The van der Waals surface area contributed by atoms with Crippen molar-refractivity contribution in [3.05, 3.63) is 66.0 Å². The lowest BCUT2D eigenvalue weighted by Crippen LogP contribution is -2.39. The van der Waals surface area contributed by atoms with Crippen molar-refractivity contribution in [1.82, 2.24) is 29.8 Å². The Morgan fingerprint density at radius 1 is 1.28 bits per heavy atom. The number of urea groups is 1. The van der Waals surface area contributed by atoms with E-state index in [4.69, 9.17) is 0 Å². The Morgan fingerprint density at radius 2 is 2.10 bits per heavy atom. The van der Waals surface area contributed by atoms with Crippen LogP contribution in [0.5, 0.6) is 0 Å². The molecule has 29 heavy (non-hydrogen) atoms. The highest BCUT2D eigenvalue weighted by molar-refractivity contribution is 5.74. The van der Waals surface area contributed by atoms with E-state index in [-0.39, 0.29) is 11.8 Å². The monoisotopic (exact) mass is 396 g/mol. The van der Waals surface area contributed by atoms with Crippen molar-refractivity contribution >= 4 is 6.03 Å². The van der Waals surface area contributed by atoms with Crippen LogP contribution in [0.3, 0.4) is 0 Å². The molecule has 0 bridgehead atoms. The molecule has 4 rings (SSSR count). The molecule has 2 amide bonds. The molecule has 7 nitrogen and oxygen atoms in total. The van der Waals surface area contributed by atoms with E-state index in [9.17, 15) is 9.18 Å². The van der Waals surface area contributed by atoms with E-state index in [1.165, 1.54) is 17.7 Å². The van der Waals surface area contributed by atoms with Crippen LogP contribution in [0.2, 0.25) is 0 Å². The summed E-state index contributed by atoms with van der Waals surface area (Å²) in [6, 6.07) is 8.08. The molecule has 1 aromatic carbocycles. The third-order valence-electron chi connectivity index (χ3n) is 5.25. The molecule has 2 aromatic heterocycles. The molecule has 0 radical (unpaired) electrons. The van der Waals surface area contributed by atoms with Gasteiger partial charge in [0.15, 0.2) is 0 Å². The van der Waals surface area contributed by atoms with Gasteiger partial charge in [-0.1, -0.05) is 0 Å². The normalized spacial score (nSPS) is 16.3. The molecule has 1 aliphatic heterocycles. The van der Waals surface area contributed by atoms with Gasteiger partial charge in [0.05, 0.1) is 17.6 Å². The Labute approximate surface area is 169 Å². The number of carbonyl (C=O) groups excluding carboxylic acids is 1. The van der Waals surface area contributed by atoms with E-state index in [0.29, 0.717) is 18.9 Å². The van der Waals surface area contributed by atoms with E-state index < -0.39 is 0 Å². The summed E-state index contributed by atoms with van der Waals surface area (Å²) in [5, 5.41) is 11.7. The number of benzene rings is 1. The van der Waals surface area contributed by atoms with Crippen molar-refractivity contribution in [2.24, 2.45) is 13.0 Å². The van der Waals surface area contributed by atoms with Crippen LogP contribution < -0.4 is 5.32 Å². The van der Waals surface area contributed by atoms with Gasteiger partial charge in [-0.25, -0.2) is 13.9 Å². The summed E-state index contributed by atoms with van der Waals surface area (Å²) in [6.07, 6.45) is 8.39. The first-order valence-electron chi connectivity index (χ1n) is 9.87. The number of likely N-dealkylation sites (tertiary alicyclic amines) is 1. The predicted molar refractivity (Wildman–Crippen MR) is 107 cm³/mol. The second kappa shape index (κ2) is 8.46. The van der Waals surface area contributed by atoms with Gasteiger partial charge in [0.2, 0.25) is 0 Å². The number of hydrogen-bond donors (Lipinski definition) is 1. The van der Waals surface area contributed by atoms with E-state index in [1.54, 1.807) is 16.8 Å². The standard InChI is InChI=1S/C21H25FN6O/c1-26-14-17(13-24-26)12-16-7-10-27(15-16)21(29)23-9-6-19-8-11-28(25-19)20-4-2-18(22)3-5-20/h2-5,8,11,13-14,16H,6-7,9-10,12,15H2,1H3,(H,23,29). The zero-order chi connectivity index (χ0) is 20.2. The van der Waals surface area contributed by atoms with Gasteiger partial charge in [-0.2, -0.15) is 10.2 Å². The Hall–Kier alpha value is -3.16. The van der Waals surface area contributed by atoms with Crippen LogP contribution in [0, 0.1) is 11.7 Å². The molecule has 3 aromatic rings. The predicted octanol–water partition coefficient (Wildman–Crippen LogP) is 2.56. The molecule has 1 unspecified atom stereocenters. The molecule has 3 heterocycles. The average Bonchev–Trinajstić information content (AvgIpc) is 3.44. The van der Waals surface area contributed by atoms with Gasteiger partial charge < -0.3 is 10.2 Å². The highest BCUT2D eigenvalue weighted by Gasteiger charge is 2.26. The first-order chi connectivity index (χ1) is 14.1. The zero-order valence-electron chi connectivity index (χ0n) is 16.5. The number of nitrogens with zero attached hydrogens (tertiary/aromatic N) is 5. The minimum Gasteiger partial charge on any atom is -0.338 e. The van der Waals surface area contributed by atoms with Crippen LogP contribution in [0.1, 0.15) is 17.7 Å². The van der Waals surface area contributed by atoms with E-state index >= 15 is 0 Å². The van der Waals surface area contributed by atoms with Gasteiger partial charge in [0.1, 0.15) is 5.82 Å². The second-order valence-corrected chi connectivity index (χ2v) is 7.54. The molecular weight excluding hydrogens is 371 g/mol. The molecule has 1 fully saturated rings. The third-order valence-corrected chi connectivity index (χ3v) is 5.25. The summed E-state index contributed by atoms with van der Waals surface area (Å²) >= 11 is 0. The number of carbonyl (C=O) groups is 1. The third kappa shape index (κ3) is 4.82. The molecule has 8 heteroatoms. The fourth-order valence-corrected chi connectivity index (χ4v) is 3.74. The quantitative estimate of drug-likeness (QED) is 0.696. The molecule has 1 atom stereocenters. The smallest absolute Gasteiger partial charge is 0.317 e. The van der Waals surface area contributed by atoms with Gasteiger partial charge >= 0.3 is 6.03 Å². The minimum atomic E-state index is -0.270. The number of halogens is 1. The summed E-state index contributed by atoms with van der Waals surface area (Å²) < 4.78 is 16.6. The highest BCUT2D eigenvalue weighted by atomic mass is 19.1. The van der Waals surface area contributed by atoms with Crippen molar-refractivity contribution in [2.75, 3.05) is 19.6 Å². The first-order valence-corrected chi connectivity index (χ1v) is 9.87. The summed E-state index contributed by atoms with van der Waals surface area (Å²) in [5.41, 5.74) is 2.90. The molecule has 0 aliphatic carbocycles. The van der Waals surface area contributed by atoms with Gasteiger partial charge in [-0.3, -0.25) is 4.68 Å². The lowest BCUT2D eigenvalue weighted by Gasteiger charge is -2.17. The van der Waals surface area contributed by atoms with Crippen molar-refractivity contribution < 1.29 is 9.18 Å². The van der Waals surface area contributed by atoms with Crippen LogP contribution >= 0.6 is 0 Å². The van der Waals surface area contributed by atoms with Crippen LogP contribution in [-0.2, 0) is 19.9 Å². The number of aromatic nitrogens is 4. The molecule has 0 saturated carbocycles. The molecule has 152 valence electrons. The number of aryl methyl sites for hydroxylation is 1. The van der Waals surface area contributed by atoms with E-state index in [1.807, 2.05) is 41.3 Å². The fraction of sp³-hybridized carbons (Fsp3) is 0.381. The van der Waals surface area contributed by atoms with Crippen LogP contribution in [0.25, 0.3) is 5.69 Å². The van der Waals surface area contributed by atoms with Crippen molar-refractivity contribution in [3.63, 3.8) is 0 Å². The molecular formula is C21H25FN6O. The van der Waals surface area contributed by atoms with Crippen LogP contribution in [0.15, 0.2) is 48.9 Å². The highest BCUT2D eigenvalue weighted by Crippen LogP contribution is 2.20. The maximum absolute atomic E-state index is 13.0. The second-order valence-electron chi connectivity index (χ2n) is 7.54. The number of hydrogen-bond acceptors (Lipinski definition) is 3. The largest absolute Gasteiger partial charge is 0.338 e. The Bertz CT molecular complexity index is 964. The Balaban J connectivity index is 1.22. The first kappa shape index (κ1) is 19.2. The number of amides is 2. The van der Waals surface area contributed by atoms with E-state index in [0.717, 1.165) is 37.3 Å². The van der Waals surface area contributed by atoms with Gasteiger partial charge in [-0.05, 0) is 54.7 Å². The minimum absolute atomic E-state index is 0.0170. The van der Waals surface area contributed by atoms with Crippen molar-refractivity contribution in [3.8, 4) is 5.69 Å². The summed E-state index contributed by atoms with van der Waals surface area (Å²) in [4.78, 5) is 14.3. The Kier molecular flexibility index (Phi) is 5.59. The number of rotatable bonds is 6. The van der Waals surface area contributed by atoms with Crippen molar-refractivity contribution in [1.29, 1.82) is 0 Å². The van der Waals surface area contributed by atoms with Crippen molar-refractivity contribution in [2.45, 2.75) is 19.3 Å². The fourth-order valence-electron chi connectivity index (χ4n) is 3.74. The maximum Gasteiger partial charge on any atom is 0.317 e. The molecule has 1 saturated heterocycles. The summed E-state index contributed by atoms with van der Waals surface area (Å²) in [5.74, 6) is 0.213. The molecule has 1 N–H and O–H groups in total. The SMILES string of the molecule is Cn1cc(CC2CCN(C(=O)NCCc3ccn(-c4ccc(F)cc4)n3)C2)cn1. The van der Waals surface area contributed by atoms with Gasteiger partial charge in [0.25, 0.3) is 0 Å². The van der Waals surface area contributed by atoms with Gasteiger partial charge in [0, 0.05) is 45.5 Å². The van der Waals surface area contributed by atoms with Crippen LogP contribution in [0.4, 0.5) is 9.18 Å². The average molecular weight is 396 g/mol. The topological polar surface area (TPSA) is 68.0 Å². The number of nitrogens with one attached hydrogen (secondary N) is 1.